The molecule has 11 aromatic rings. The van der Waals surface area contributed by atoms with Crippen molar-refractivity contribution < 1.29 is 17.7 Å². The van der Waals surface area contributed by atoms with Crippen LogP contribution in [0.2, 0.25) is 0 Å². The van der Waals surface area contributed by atoms with Crippen molar-refractivity contribution >= 4 is 90.2 Å². The highest BCUT2D eigenvalue weighted by Crippen LogP contribution is 2.42. The van der Waals surface area contributed by atoms with E-state index in [1.165, 1.54) is 24.3 Å². The van der Waals surface area contributed by atoms with Crippen molar-refractivity contribution in [3.05, 3.63) is 208 Å². The quantitative estimate of drug-likeness (QED) is 0.161. The molecule has 0 aliphatic carbocycles. The molecule has 0 radical (unpaired) electrons. The molecule has 0 spiro atoms. The average molecular weight is 943 g/mol. The third kappa shape index (κ3) is 6.99. The van der Waals surface area contributed by atoms with E-state index in [4.69, 9.17) is 27.6 Å². The molecule has 2 N–H and O–H groups in total. The van der Waals surface area contributed by atoms with Crippen molar-refractivity contribution in [3.8, 4) is 44.5 Å². The average Bonchev–Trinajstić information content (AvgIpc) is 4.21. The topological polar surface area (TPSA) is 178 Å². The van der Waals surface area contributed by atoms with E-state index < -0.39 is 22.5 Å². The van der Waals surface area contributed by atoms with Crippen LogP contribution >= 0.6 is 0 Å². The van der Waals surface area contributed by atoms with Crippen molar-refractivity contribution in [3.63, 3.8) is 0 Å². The zero-order chi connectivity index (χ0) is 49.1. The van der Waals surface area contributed by atoms with E-state index in [1.54, 1.807) is 24.3 Å². The first-order valence-corrected chi connectivity index (χ1v) is 23.2. The SMILES string of the molecule is Cc1ccc2oc(=O)cc(-c3c4nc(c(-c5cc(=O)oc6ccc(C)cc56)c5ccc([nH]5)c(-c5cc(=O)oc6ccc(C)cc56)c5nc(c(-c6cc(=O)oc7ccc(C)cc67)c6ccc3[nH]6)C=C5)C=C4)c2c1. The third-order valence-corrected chi connectivity index (χ3v) is 13.4. The zero-order valence-corrected chi connectivity index (χ0v) is 39.0. The van der Waals surface area contributed by atoms with Crippen molar-refractivity contribution in [2.24, 2.45) is 0 Å². The summed E-state index contributed by atoms with van der Waals surface area (Å²) < 4.78 is 23.1. The molecule has 0 saturated carbocycles. The van der Waals surface area contributed by atoms with Gasteiger partial charge in [-0.3, -0.25) is 0 Å². The molecule has 4 aromatic carbocycles. The Hall–Kier alpha value is -9.68. The number of nitrogens with one attached hydrogen (secondary N) is 2. The molecule has 12 heteroatoms. The summed E-state index contributed by atoms with van der Waals surface area (Å²) >= 11 is 0. The normalized spacial score (nSPS) is 12.3. The van der Waals surface area contributed by atoms with Gasteiger partial charge in [0.05, 0.1) is 22.8 Å². The first-order valence-electron chi connectivity index (χ1n) is 23.2. The van der Waals surface area contributed by atoms with Gasteiger partial charge in [0.2, 0.25) is 0 Å². The molecular formula is C60H38N4O8. The summed E-state index contributed by atoms with van der Waals surface area (Å²) in [5.74, 6) is 0. The number of hydrogen-bond acceptors (Lipinski definition) is 10. The molecule has 0 fully saturated rings. The molecule has 72 heavy (non-hydrogen) atoms. The van der Waals surface area contributed by atoms with E-state index in [0.29, 0.717) is 133 Å². The van der Waals surface area contributed by atoms with Gasteiger partial charge in [-0.1, -0.05) is 46.5 Å². The number of aromatic amines is 2. The minimum atomic E-state index is -0.548. The summed E-state index contributed by atoms with van der Waals surface area (Å²) in [6, 6.07) is 36.2. The number of rotatable bonds is 4. The second-order valence-corrected chi connectivity index (χ2v) is 18.4. The van der Waals surface area contributed by atoms with Crippen LogP contribution in [-0.2, 0) is 0 Å². The number of H-pyrrole nitrogens is 2. The Morgan fingerprint density at radius 3 is 0.792 bits per heavy atom. The lowest BCUT2D eigenvalue weighted by Gasteiger charge is -2.10. The van der Waals surface area contributed by atoms with E-state index >= 15 is 0 Å². The molecule has 13 rings (SSSR count). The highest BCUT2D eigenvalue weighted by molar-refractivity contribution is 6.09. The monoisotopic (exact) mass is 942 g/mol. The first-order chi connectivity index (χ1) is 34.9. The zero-order valence-electron chi connectivity index (χ0n) is 39.0. The molecule has 0 atom stereocenters. The molecule has 7 aromatic heterocycles. The standard InChI is InChI=1S/C60H38N4O8/c1-29-5-17-49-33(21-29)37(25-53(65)69-49)57-41-9-11-43(61-41)58(38-26-54(66)70-50-18-6-30(2)22-34(38)50)45-13-15-47(63-45)60(40-28-56(68)72-52-20-8-32(4)24-36(40)52)48-16-14-46(64-48)59(44-12-10-42(57)62-44)39-27-55(67)71-51-19-7-31(3)23-35(39)51/h5-28,61,64H,1-4H3. The van der Waals surface area contributed by atoms with Gasteiger partial charge in [0.15, 0.2) is 0 Å². The van der Waals surface area contributed by atoms with Crippen LogP contribution < -0.4 is 22.5 Å². The fourth-order valence-electron chi connectivity index (χ4n) is 10.3. The lowest BCUT2D eigenvalue weighted by atomic mass is 9.99. The highest BCUT2D eigenvalue weighted by Gasteiger charge is 2.24. The third-order valence-electron chi connectivity index (χ3n) is 13.4. The maximum atomic E-state index is 13.6. The molecular weight excluding hydrogens is 905 g/mol. The van der Waals surface area contributed by atoms with E-state index in [1.807, 2.05) is 125 Å². The van der Waals surface area contributed by atoms with Gasteiger partial charge in [-0.2, -0.15) is 0 Å². The minimum Gasteiger partial charge on any atom is -0.423 e. The summed E-state index contributed by atoms with van der Waals surface area (Å²) in [7, 11) is 0. The fourth-order valence-corrected chi connectivity index (χ4v) is 10.3. The number of benzene rings is 4. The predicted octanol–water partition coefficient (Wildman–Crippen LogP) is 13.0. The molecule has 12 nitrogen and oxygen atoms in total. The van der Waals surface area contributed by atoms with Crippen molar-refractivity contribution in [2.45, 2.75) is 27.7 Å². The lowest BCUT2D eigenvalue weighted by Crippen LogP contribution is -2.01. The molecule has 2 aliphatic rings. The van der Waals surface area contributed by atoms with Crippen molar-refractivity contribution in [2.75, 3.05) is 0 Å². The summed E-state index contributed by atoms with van der Waals surface area (Å²) in [5.41, 5.74) is 12.3. The van der Waals surface area contributed by atoms with Crippen molar-refractivity contribution in [1.29, 1.82) is 0 Å². The Labute approximate surface area is 406 Å². The summed E-state index contributed by atoms with van der Waals surface area (Å²) in [4.78, 5) is 72.5. The Balaban J connectivity index is 1.27. The molecule has 0 saturated heterocycles. The van der Waals surface area contributed by atoms with Crippen LogP contribution in [0.1, 0.15) is 45.0 Å². The smallest absolute Gasteiger partial charge is 0.336 e. The minimum absolute atomic E-state index is 0.398. The summed E-state index contributed by atoms with van der Waals surface area (Å²) in [5, 5.41) is 2.76. The maximum Gasteiger partial charge on any atom is 0.336 e. The van der Waals surface area contributed by atoms with Crippen LogP contribution in [0, 0.1) is 27.7 Å². The molecule has 0 amide bonds. The van der Waals surface area contributed by atoms with Crippen molar-refractivity contribution in [1.82, 2.24) is 19.9 Å². The fraction of sp³-hybridized carbons (Fsp3) is 0.0667. The highest BCUT2D eigenvalue weighted by atomic mass is 16.4. The number of hydrogen-bond donors (Lipinski definition) is 2. The van der Waals surface area contributed by atoms with Crippen LogP contribution in [-0.4, -0.2) is 19.9 Å². The van der Waals surface area contributed by atoms with Gasteiger partial charge in [0.1, 0.15) is 22.3 Å². The van der Waals surface area contributed by atoms with Gasteiger partial charge in [0, 0.05) is 112 Å². The number of aryl methyl sites for hydroxylation is 4. The van der Waals surface area contributed by atoms with Gasteiger partial charge in [-0.25, -0.2) is 29.1 Å². The Bertz CT molecular complexity index is 4140. The predicted molar refractivity (Wildman–Crippen MR) is 284 cm³/mol. The largest absolute Gasteiger partial charge is 0.423 e. The van der Waals surface area contributed by atoms with Crippen LogP contribution in [0.3, 0.4) is 0 Å². The summed E-state index contributed by atoms with van der Waals surface area (Å²) in [6.07, 6.45) is 7.58. The Morgan fingerprint density at radius 2 is 0.556 bits per heavy atom. The Morgan fingerprint density at radius 1 is 0.319 bits per heavy atom. The molecule has 346 valence electrons. The van der Waals surface area contributed by atoms with Gasteiger partial charge in [-0.05, 0) is 125 Å². The lowest BCUT2D eigenvalue weighted by molar-refractivity contribution is 0.561. The van der Waals surface area contributed by atoms with Crippen LogP contribution in [0.15, 0.2) is 158 Å². The molecule has 0 unspecified atom stereocenters. The molecule has 8 bridgehead atoms. The van der Waals surface area contributed by atoms with Crippen LogP contribution in [0.25, 0.3) is 135 Å². The second kappa shape index (κ2) is 15.9. The molecule has 2 aliphatic heterocycles. The maximum absolute atomic E-state index is 13.6. The van der Waals surface area contributed by atoms with E-state index in [2.05, 4.69) is 9.97 Å². The van der Waals surface area contributed by atoms with Gasteiger partial charge in [-0.15, -0.1) is 0 Å². The Kier molecular flexibility index (Phi) is 9.39. The summed E-state index contributed by atoms with van der Waals surface area (Å²) in [6.45, 7) is 7.90. The van der Waals surface area contributed by atoms with Gasteiger partial charge in [0.25, 0.3) is 0 Å². The number of fused-ring (bicyclic) bond motifs is 12. The van der Waals surface area contributed by atoms with E-state index in [9.17, 15) is 19.2 Å². The number of nitrogens with zero attached hydrogens (tertiary/aromatic N) is 2. The van der Waals surface area contributed by atoms with Crippen LogP contribution in [0.5, 0.6) is 0 Å². The molecule has 9 heterocycles. The first kappa shape index (κ1) is 42.4. The van der Waals surface area contributed by atoms with Gasteiger partial charge < -0.3 is 27.6 Å². The second-order valence-electron chi connectivity index (χ2n) is 18.4. The van der Waals surface area contributed by atoms with E-state index in [0.717, 1.165) is 22.3 Å². The van der Waals surface area contributed by atoms with Gasteiger partial charge >= 0.3 is 22.5 Å². The van der Waals surface area contributed by atoms with E-state index in [-0.39, 0.29) is 0 Å². The number of aromatic nitrogens is 4. The van der Waals surface area contributed by atoms with Crippen LogP contribution in [0.4, 0.5) is 0 Å².